The standard InChI is InChI=1S/C21H12FN7S/c22-19-2-1-18(30-19)14-8-24-10-17-12(14)6-15(27-17)20-13-5-11(7-26-21(13)29-28-20)16-9-23-3-4-25-16/h1-10,27H,(H,26,28,29). The van der Waals surface area contributed by atoms with Gasteiger partial charge in [-0.05, 0) is 24.3 Å². The topological polar surface area (TPSA) is 96.0 Å². The fourth-order valence-electron chi connectivity index (χ4n) is 3.53. The van der Waals surface area contributed by atoms with E-state index in [-0.39, 0.29) is 5.13 Å². The van der Waals surface area contributed by atoms with Gasteiger partial charge >= 0.3 is 0 Å². The largest absolute Gasteiger partial charge is 0.352 e. The first-order valence-corrected chi connectivity index (χ1v) is 9.91. The molecule has 0 spiro atoms. The molecule has 0 saturated heterocycles. The van der Waals surface area contributed by atoms with Crippen LogP contribution in [0.5, 0.6) is 0 Å². The molecular formula is C21H12FN7S. The van der Waals surface area contributed by atoms with Crippen molar-refractivity contribution in [3.8, 4) is 33.1 Å². The average Bonchev–Trinajstić information content (AvgIpc) is 3.51. The van der Waals surface area contributed by atoms with Crippen LogP contribution in [0, 0.1) is 5.13 Å². The van der Waals surface area contributed by atoms with Crippen LogP contribution in [0.2, 0.25) is 0 Å². The summed E-state index contributed by atoms with van der Waals surface area (Å²) >= 11 is 1.10. The third-order valence-corrected chi connectivity index (χ3v) is 5.82. The molecule has 0 bridgehead atoms. The third kappa shape index (κ3) is 2.67. The number of nitrogens with one attached hydrogen (secondary N) is 2. The predicted octanol–water partition coefficient (Wildman–Crippen LogP) is 4.83. The van der Waals surface area contributed by atoms with E-state index in [4.69, 9.17) is 0 Å². The number of pyridine rings is 2. The third-order valence-electron chi connectivity index (χ3n) is 4.91. The zero-order valence-corrected chi connectivity index (χ0v) is 16.1. The number of aromatic nitrogens is 7. The Kier molecular flexibility index (Phi) is 3.68. The minimum Gasteiger partial charge on any atom is -0.352 e. The van der Waals surface area contributed by atoms with Crippen LogP contribution in [0.1, 0.15) is 0 Å². The lowest BCUT2D eigenvalue weighted by Crippen LogP contribution is -1.86. The number of H-pyrrole nitrogens is 2. The van der Waals surface area contributed by atoms with Crippen molar-refractivity contribution in [2.75, 3.05) is 0 Å². The molecule has 0 unspecified atom stereocenters. The lowest BCUT2D eigenvalue weighted by atomic mass is 10.1. The second kappa shape index (κ2) is 6.53. The molecule has 6 heterocycles. The molecule has 7 nitrogen and oxygen atoms in total. The Morgan fingerprint density at radius 2 is 1.87 bits per heavy atom. The smallest absolute Gasteiger partial charge is 0.176 e. The predicted molar refractivity (Wildman–Crippen MR) is 113 cm³/mol. The number of hydrogen-bond acceptors (Lipinski definition) is 6. The van der Waals surface area contributed by atoms with E-state index in [9.17, 15) is 4.39 Å². The van der Waals surface area contributed by atoms with Crippen molar-refractivity contribution >= 4 is 33.3 Å². The van der Waals surface area contributed by atoms with Gasteiger partial charge in [0.15, 0.2) is 10.8 Å². The Bertz CT molecular complexity index is 1520. The van der Waals surface area contributed by atoms with E-state index in [0.717, 1.165) is 60.7 Å². The van der Waals surface area contributed by atoms with Gasteiger partial charge in [0, 0.05) is 51.6 Å². The molecular weight excluding hydrogens is 401 g/mol. The molecule has 0 aliphatic carbocycles. The number of fused-ring (bicyclic) bond motifs is 2. The van der Waals surface area contributed by atoms with E-state index in [1.807, 2.05) is 12.1 Å². The molecule has 0 fully saturated rings. The Labute approximate surface area is 172 Å². The molecule has 0 amide bonds. The van der Waals surface area contributed by atoms with Gasteiger partial charge in [0.2, 0.25) is 0 Å². The maximum Gasteiger partial charge on any atom is 0.176 e. The number of hydrogen-bond donors (Lipinski definition) is 2. The second-order valence-corrected chi connectivity index (χ2v) is 7.75. The summed E-state index contributed by atoms with van der Waals surface area (Å²) in [7, 11) is 0. The summed E-state index contributed by atoms with van der Waals surface area (Å²) in [5.74, 6) is 0. The van der Waals surface area contributed by atoms with Gasteiger partial charge in [-0.15, -0.1) is 11.3 Å². The molecule has 0 aromatic carbocycles. The van der Waals surface area contributed by atoms with Crippen molar-refractivity contribution < 1.29 is 4.39 Å². The molecule has 0 atom stereocenters. The van der Waals surface area contributed by atoms with Gasteiger partial charge < -0.3 is 4.98 Å². The van der Waals surface area contributed by atoms with Crippen molar-refractivity contribution in [2.45, 2.75) is 0 Å². The number of thiophene rings is 1. The molecule has 0 saturated carbocycles. The van der Waals surface area contributed by atoms with Crippen LogP contribution >= 0.6 is 11.3 Å². The van der Waals surface area contributed by atoms with E-state index in [1.165, 1.54) is 6.07 Å². The Hall–Kier alpha value is -3.98. The van der Waals surface area contributed by atoms with E-state index < -0.39 is 0 Å². The number of aromatic amines is 2. The quantitative estimate of drug-likeness (QED) is 0.433. The lowest BCUT2D eigenvalue weighted by molar-refractivity contribution is 0.657. The molecule has 0 radical (unpaired) electrons. The first-order valence-electron chi connectivity index (χ1n) is 9.09. The van der Waals surface area contributed by atoms with Crippen molar-refractivity contribution in [2.24, 2.45) is 0 Å². The van der Waals surface area contributed by atoms with Gasteiger partial charge in [-0.3, -0.25) is 20.1 Å². The summed E-state index contributed by atoms with van der Waals surface area (Å²) < 4.78 is 13.6. The molecule has 2 N–H and O–H groups in total. The minimum atomic E-state index is -0.223. The monoisotopic (exact) mass is 413 g/mol. The maximum atomic E-state index is 13.6. The van der Waals surface area contributed by atoms with Crippen molar-refractivity contribution in [3.05, 3.63) is 66.6 Å². The molecule has 9 heteroatoms. The number of halogens is 1. The van der Waals surface area contributed by atoms with Gasteiger partial charge in [0.1, 0.15) is 5.69 Å². The average molecular weight is 413 g/mol. The van der Waals surface area contributed by atoms with E-state index in [0.29, 0.717) is 5.65 Å². The summed E-state index contributed by atoms with van der Waals surface area (Å²) in [4.78, 5) is 21.5. The van der Waals surface area contributed by atoms with Crippen LogP contribution in [0.15, 0.2) is 61.4 Å². The zero-order valence-electron chi connectivity index (χ0n) is 15.3. The Morgan fingerprint density at radius 1 is 0.900 bits per heavy atom. The van der Waals surface area contributed by atoms with Crippen molar-refractivity contribution in [1.82, 2.24) is 35.1 Å². The van der Waals surface area contributed by atoms with E-state index >= 15 is 0 Å². The highest BCUT2D eigenvalue weighted by atomic mass is 32.1. The summed E-state index contributed by atoms with van der Waals surface area (Å²) in [5.41, 5.74) is 5.55. The fraction of sp³-hybridized carbons (Fsp3) is 0. The summed E-state index contributed by atoms with van der Waals surface area (Å²) in [6, 6.07) is 7.23. The van der Waals surface area contributed by atoms with Crippen LogP contribution < -0.4 is 0 Å². The van der Waals surface area contributed by atoms with E-state index in [2.05, 4.69) is 35.1 Å². The Morgan fingerprint density at radius 3 is 2.70 bits per heavy atom. The second-order valence-electron chi connectivity index (χ2n) is 6.72. The highest BCUT2D eigenvalue weighted by molar-refractivity contribution is 7.14. The van der Waals surface area contributed by atoms with Crippen LogP contribution in [-0.2, 0) is 0 Å². The maximum absolute atomic E-state index is 13.6. The van der Waals surface area contributed by atoms with Gasteiger partial charge in [-0.2, -0.15) is 9.49 Å². The lowest BCUT2D eigenvalue weighted by Gasteiger charge is -2.00. The SMILES string of the molecule is Fc1ccc(-c2cncc3[nH]c(-c4n[nH]c5ncc(-c6cnccn6)cc45)cc23)s1. The summed E-state index contributed by atoms with van der Waals surface area (Å²) in [5, 5.41) is 9.04. The number of rotatable bonds is 3. The number of nitrogens with zero attached hydrogens (tertiary/aromatic N) is 5. The van der Waals surface area contributed by atoms with Gasteiger partial charge in [0.05, 0.1) is 29.3 Å². The minimum absolute atomic E-state index is 0.223. The first-order chi connectivity index (χ1) is 14.8. The Balaban J connectivity index is 1.52. The highest BCUT2D eigenvalue weighted by Gasteiger charge is 2.16. The molecule has 144 valence electrons. The van der Waals surface area contributed by atoms with Gasteiger partial charge in [0.25, 0.3) is 0 Å². The van der Waals surface area contributed by atoms with Crippen molar-refractivity contribution in [3.63, 3.8) is 0 Å². The van der Waals surface area contributed by atoms with Crippen LogP contribution in [-0.4, -0.2) is 35.1 Å². The molecule has 0 aliphatic rings. The molecule has 0 aliphatic heterocycles. The van der Waals surface area contributed by atoms with Crippen LogP contribution in [0.25, 0.3) is 55.0 Å². The molecule has 30 heavy (non-hydrogen) atoms. The molecule has 6 aromatic heterocycles. The summed E-state index contributed by atoms with van der Waals surface area (Å²) in [6.45, 7) is 0. The van der Waals surface area contributed by atoms with Gasteiger partial charge in [-0.25, -0.2) is 4.98 Å². The van der Waals surface area contributed by atoms with Crippen LogP contribution in [0.3, 0.4) is 0 Å². The zero-order chi connectivity index (χ0) is 20.1. The van der Waals surface area contributed by atoms with Gasteiger partial charge in [-0.1, -0.05) is 0 Å². The molecule has 6 aromatic rings. The fourth-order valence-corrected chi connectivity index (χ4v) is 4.29. The summed E-state index contributed by atoms with van der Waals surface area (Å²) in [6.07, 6.45) is 10.2. The van der Waals surface area contributed by atoms with E-state index in [1.54, 1.807) is 43.2 Å². The van der Waals surface area contributed by atoms with Crippen molar-refractivity contribution in [1.29, 1.82) is 0 Å². The molecule has 6 rings (SSSR count). The highest BCUT2D eigenvalue weighted by Crippen LogP contribution is 2.36. The normalized spacial score (nSPS) is 11.5. The van der Waals surface area contributed by atoms with Crippen LogP contribution in [0.4, 0.5) is 4.39 Å². The first kappa shape index (κ1) is 16.9.